The van der Waals surface area contributed by atoms with Crippen LogP contribution in [-0.2, 0) is 9.59 Å². The molecular formula is C20H32Cl2N4O2. The van der Waals surface area contributed by atoms with Crippen molar-refractivity contribution in [2.45, 2.75) is 39.0 Å². The Morgan fingerprint density at radius 1 is 1.04 bits per heavy atom. The number of likely N-dealkylation sites (tertiary alicyclic amines) is 1. The fourth-order valence-electron chi connectivity index (χ4n) is 3.26. The molecule has 158 valence electrons. The van der Waals surface area contributed by atoms with Crippen molar-refractivity contribution < 1.29 is 9.59 Å². The SMILES string of the molecule is Cc1ccc(NC(=O)CNCC2CC2)cc1NC(=O)CN1CCCCC1.Cl.Cl. The van der Waals surface area contributed by atoms with Crippen molar-refractivity contribution in [1.29, 1.82) is 0 Å². The number of anilines is 2. The number of hydrogen-bond acceptors (Lipinski definition) is 4. The number of benzene rings is 1. The van der Waals surface area contributed by atoms with Gasteiger partial charge in [-0.2, -0.15) is 0 Å². The second-order valence-corrected chi connectivity index (χ2v) is 7.54. The standard InChI is InChI=1S/C20H30N4O2.2ClH/c1-15-5-8-17(22-19(25)13-21-12-16-6-7-16)11-18(15)23-20(26)14-24-9-3-2-4-10-24;;/h5,8,11,16,21H,2-4,6-7,9-10,12-14H2,1H3,(H,22,25)(H,23,26);2*1H. The van der Waals surface area contributed by atoms with E-state index < -0.39 is 0 Å². The summed E-state index contributed by atoms with van der Waals surface area (Å²) in [6.45, 7) is 5.62. The molecule has 2 aliphatic rings. The van der Waals surface area contributed by atoms with Gasteiger partial charge in [0, 0.05) is 11.4 Å². The number of carbonyl (C=O) groups is 2. The first kappa shape index (κ1) is 24.7. The molecule has 1 heterocycles. The van der Waals surface area contributed by atoms with Crippen LogP contribution in [0, 0.1) is 12.8 Å². The number of nitrogens with zero attached hydrogens (tertiary/aromatic N) is 1. The van der Waals surface area contributed by atoms with Gasteiger partial charge in [-0.1, -0.05) is 12.5 Å². The van der Waals surface area contributed by atoms with Gasteiger partial charge in [0.1, 0.15) is 0 Å². The van der Waals surface area contributed by atoms with Crippen LogP contribution in [0.5, 0.6) is 0 Å². The molecule has 0 atom stereocenters. The summed E-state index contributed by atoms with van der Waals surface area (Å²) in [4.78, 5) is 26.6. The third kappa shape index (κ3) is 8.35. The molecule has 1 aliphatic carbocycles. The van der Waals surface area contributed by atoms with Gasteiger partial charge in [-0.3, -0.25) is 14.5 Å². The molecule has 8 heteroatoms. The van der Waals surface area contributed by atoms with Crippen LogP contribution in [0.15, 0.2) is 18.2 Å². The Kier molecular flexibility index (Phi) is 10.8. The van der Waals surface area contributed by atoms with Crippen molar-refractivity contribution in [2.75, 3.05) is 43.4 Å². The van der Waals surface area contributed by atoms with E-state index in [4.69, 9.17) is 0 Å². The zero-order valence-electron chi connectivity index (χ0n) is 16.5. The maximum absolute atomic E-state index is 12.3. The topological polar surface area (TPSA) is 73.5 Å². The minimum atomic E-state index is -0.0555. The zero-order valence-corrected chi connectivity index (χ0v) is 18.1. The number of piperidine rings is 1. The van der Waals surface area contributed by atoms with Gasteiger partial charge in [-0.25, -0.2) is 0 Å². The van der Waals surface area contributed by atoms with Gasteiger partial charge in [0.05, 0.1) is 13.1 Å². The summed E-state index contributed by atoms with van der Waals surface area (Å²) in [6, 6.07) is 5.63. The van der Waals surface area contributed by atoms with Gasteiger partial charge in [0.2, 0.25) is 11.8 Å². The van der Waals surface area contributed by atoms with E-state index in [2.05, 4.69) is 20.9 Å². The normalized spacial score (nSPS) is 16.5. The number of nitrogens with one attached hydrogen (secondary N) is 3. The van der Waals surface area contributed by atoms with E-state index in [9.17, 15) is 9.59 Å². The Hall–Kier alpha value is -1.34. The molecule has 0 radical (unpaired) electrons. The van der Waals surface area contributed by atoms with Crippen molar-refractivity contribution in [3.63, 3.8) is 0 Å². The minimum absolute atomic E-state index is 0. The van der Waals surface area contributed by atoms with E-state index in [0.29, 0.717) is 18.8 Å². The summed E-state index contributed by atoms with van der Waals surface area (Å²) in [5.74, 6) is 0.702. The van der Waals surface area contributed by atoms with E-state index in [1.807, 2.05) is 25.1 Å². The lowest BCUT2D eigenvalue weighted by Gasteiger charge is -2.25. The molecule has 28 heavy (non-hydrogen) atoms. The molecule has 1 aliphatic heterocycles. The predicted octanol–water partition coefficient (Wildman–Crippen LogP) is 3.20. The highest BCUT2D eigenvalue weighted by Gasteiger charge is 2.20. The fraction of sp³-hybridized carbons (Fsp3) is 0.600. The largest absolute Gasteiger partial charge is 0.325 e. The van der Waals surface area contributed by atoms with Crippen LogP contribution in [0.2, 0.25) is 0 Å². The van der Waals surface area contributed by atoms with Crippen LogP contribution in [0.3, 0.4) is 0 Å². The molecule has 2 amide bonds. The quantitative estimate of drug-likeness (QED) is 0.591. The van der Waals surface area contributed by atoms with E-state index in [0.717, 1.165) is 36.8 Å². The molecular weight excluding hydrogens is 399 g/mol. The summed E-state index contributed by atoms with van der Waals surface area (Å²) < 4.78 is 0. The highest BCUT2D eigenvalue weighted by atomic mass is 35.5. The summed E-state index contributed by atoms with van der Waals surface area (Å²) in [5, 5.41) is 9.07. The van der Waals surface area contributed by atoms with E-state index in [1.54, 1.807) is 0 Å². The molecule has 1 saturated carbocycles. The molecule has 0 bridgehead atoms. The van der Waals surface area contributed by atoms with Crippen molar-refractivity contribution >= 4 is 48.0 Å². The van der Waals surface area contributed by atoms with E-state index >= 15 is 0 Å². The Morgan fingerprint density at radius 3 is 2.43 bits per heavy atom. The van der Waals surface area contributed by atoms with Crippen LogP contribution in [-0.4, -0.2) is 49.4 Å². The molecule has 6 nitrogen and oxygen atoms in total. The summed E-state index contributed by atoms with van der Waals surface area (Å²) in [6.07, 6.45) is 6.14. The number of rotatable bonds is 8. The molecule has 1 saturated heterocycles. The second kappa shape index (κ2) is 12.3. The Balaban J connectivity index is 0.00000196. The average Bonchev–Trinajstić information content (AvgIpc) is 3.43. The zero-order chi connectivity index (χ0) is 18.4. The van der Waals surface area contributed by atoms with Crippen LogP contribution < -0.4 is 16.0 Å². The lowest BCUT2D eigenvalue weighted by molar-refractivity contribution is -0.117. The molecule has 0 spiro atoms. The van der Waals surface area contributed by atoms with Crippen LogP contribution in [0.1, 0.15) is 37.7 Å². The molecule has 3 N–H and O–H groups in total. The molecule has 0 unspecified atom stereocenters. The maximum Gasteiger partial charge on any atom is 0.238 e. The van der Waals surface area contributed by atoms with Crippen molar-refractivity contribution in [2.24, 2.45) is 5.92 Å². The predicted molar refractivity (Wildman–Crippen MR) is 119 cm³/mol. The monoisotopic (exact) mass is 430 g/mol. The van der Waals surface area contributed by atoms with Crippen LogP contribution in [0.4, 0.5) is 11.4 Å². The Morgan fingerprint density at radius 2 is 1.75 bits per heavy atom. The molecule has 0 aromatic heterocycles. The second-order valence-electron chi connectivity index (χ2n) is 7.54. The summed E-state index contributed by atoms with van der Waals surface area (Å²) in [7, 11) is 0. The van der Waals surface area contributed by atoms with Crippen molar-refractivity contribution in [1.82, 2.24) is 10.2 Å². The molecule has 1 aromatic rings. The Labute approximate surface area is 180 Å². The first-order valence-electron chi connectivity index (χ1n) is 9.73. The Bertz CT molecular complexity index is 647. The third-order valence-electron chi connectivity index (χ3n) is 5.03. The summed E-state index contributed by atoms with van der Waals surface area (Å²) >= 11 is 0. The highest BCUT2D eigenvalue weighted by Crippen LogP contribution is 2.27. The highest BCUT2D eigenvalue weighted by molar-refractivity contribution is 5.96. The molecule has 3 rings (SSSR count). The first-order chi connectivity index (χ1) is 12.6. The van der Waals surface area contributed by atoms with Gasteiger partial charge in [0.25, 0.3) is 0 Å². The number of halogens is 2. The minimum Gasteiger partial charge on any atom is -0.325 e. The van der Waals surface area contributed by atoms with E-state index in [1.165, 1.54) is 32.1 Å². The number of amides is 2. The number of carbonyl (C=O) groups excluding carboxylic acids is 2. The van der Waals surface area contributed by atoms with Crippen molar-refractivity contribution in [3.05, 3.63) is 23.8 Å². The maximum atomic E-state index is 12.3. The van der Waals surface area contributed by atoms with Crippen LogP contribution in [0.25, 0.3) is 0 Å². The lowest BCUT2D eigenvalue weighted by atomic mass is 10.1. The molecule has 1 aromatic carbocycles. The lowest BCUT2D eigenvalue weighted by Crippen LogP contribution is -2.36. The van der Waals surface area contributed by atoms with Gasteiger partial charge < -0.3 is 16.0 Å². The average molecular weight is 431 g/mol. The van der Waals surface area contributed by atoms with Crippen LogP contribution >= 0.6 is 24.8 Å². The summed E-state index contributed by atoms with van der Waals surface area (Å²) in [5.41, 5.74) is 2.46. The molecule has 2 fully saturated rings. The number of aryl methyl sites for hydroxylation is 1. The first-order valence-corrected chi connectivity index (χ1v) is 9.73. The fourth-order valence-corrected chi connectivity index (χ4v) is 3.26. The number of hydrogen-bond donors (Lipinski definition) is 3. The van der Waals surface area contributed by atoms with Crippen molar-refractivity contribution in [3.8, 4) is 0 Å². The van der Waals surface area contributed by atoms with Gasteiger partial charge in [-0.15, -0.1) is 24.8 Å². The van der Waals surface area contributed by atoms with Gasteiger partial charge >= 0.3 is 0 Å². The third-order valence-corrected chi connectivity index (χ3v) is 5.03. The van der Waals surface area contributed by atoms with Gasteiger partial charge in [-0.05, 0) is 75.9 Å². The van der Waals surface area contributed by atoms with E-state index in [-0.39, 0.29) is 36.6 Å². The van der Waals surface area contributed by atoms with Gasteiger partial charge in [0.15, 0.2) is 0 Å². The smallest absolute Gasteiger partial charge is 0.238 e.